The largest absolute Gasteiger partial charge is 0.385 e. The number of thioether (sulfide) groups is 1. The van der Waals surface area contributed by atoms with Crippen LogP contribution in [0.4, 0.5) is 0 Å². The number of hydrogen-bond donors (Lipinski definition) is 3. The molecule has 0 saturated heterocycles. The van der Waals surface area contributed by atoms with Gasteiger partial charge in [0.2, 0.25) is 5.96 Å². The Morgan fingerprint density at radius 2 is 2.33 bits per heavy atom. The van der Waals surface area contributed by atoms with Crippen LogP contribution in [0.5, 0.6) is 0 Å². The molecule has 0 spiro atoms. The summed E-state index contributed by atoms with van der Waals surface area (Å²) < 4.78 is 5.00. The van der Waals surface area contributed by atoms with Gasteiger partial charge >= 0.3 is 0 Å². The first-order valence-corrected chi connectivity index (χ1v) is 7.74. The molecule has 18 heavy (non-hydrogen) atoms. The fraction of sp³-hybridized carbons (Fsp3) is 0.917. The summed E-state index contributed by atoms with van der Waals surface area (Å²) in [7, 11) is 1.70. The van der Waals surface area contributed by atoms with Gasteiger partial charge in [-0.1, -0.05) is 13.3 Å². The number of aliphatic imine (C=N–C) groups is 1. The summed E-state index contributed by atoms with van der Waals surface area (Å²) in [5.74, 6) is 7.38. The van der Waals surface area contributed by atoms with E-state index in [0.29, 0.717) is 17.3 Å². The first kappa shape index (κ1) is 15.6. The maximum Gasteiger partial charge on any atom is 0.205 e. The summed E-state index contributed by atoms with van der Waals surface area (Å²) >= 11 is 2.03. The van der Waals surface area contributed by atoms with Crippen molar-refractivity contribution in [2.45, 2.75) is 43.9 Å². The molecular weight excluding hydrogens is 248 g/mol. The van der Waals surface area contributed by atoms with E-state index in [9.17, 15) is 0 Å². The minimum absolute atomic E-state index is 0.493. The normalized spacial score (nSPS) is 24.3. The lowest BCUT2D eigenvalue weighted by molar-refractivity contribution is 0.197. The highest BCUT2D eigenvalue weighted by atomic mass is 32.2. The predicted octanol–water partition coefficient (Wildman–Crippen LogP) is 1.11. The van der Waals surface area contributed by atoms with Gasteiger partial charge in [-0.25, -0.2) is 5.84 Å². The first-order valence-electron chi connectivity index (χ1n) is 6.70. The van der Waals surface area contributed by atoms with Gasteiger partial charge in [-0.15, -0.1) is 0 Å². The molecule has 4 N–H and O–H groups in total. The molecule has 2 atom stereocenters. The van der Waals surface area contributed by atoms with Crippen LogP contribution in [0.25, 0.3) is 0 Å². The molecule has 1 aliphatic carbocycles. The lowest BCUT2D eigenvalue weighted by atomic mass is 10.2. The molecule has 0 aromatic rings. The SMILES string of the molecule is CCSC1CCCC1NC(=NCCCOC)NN. The van der Waals surface area contributed by atoms with Crippen molar-refractivity contribution in [2.75, 3.05) is 26.0 Å². The Balaban J connectivity index is 2.36. The fourth-order valence-electron chi connectivity index (χ4n) is 2.21. The van der Waals surface area contributed by atoms with Crippen LogP contribution >= 0.6 is 11.8 Å². The summed E-state index contributed by atoms with van der Waals surface area (Å²) in [5, 5.41) is 4.12. The second-order valence-corrected chi connectivity index (χ2v) is 5.91. The van der Waals surface area contributed by atoms with Crippen LogP contribution in [0.1, 0.15) is 32.6 Å². The maximum atomic E-state index is 5.50. The third-order valence-corrected chi connectivity index (χ3v) is 4.39. The van der Waals surface area contributed by atoms with Crippen molar-refractivity contribution >= 4 is 17.7 Å². The summed E-state index contributed by atoms with van der Waals surface area (Å²) in [6.45, 7) is 3.68. The van der Waals surface area contributed by atoms with Gasteiger partial charge in [0.15, 0.2) is 0 Å². The third kappa shape index (κ3) is 5.46. The van der Waals surface area contributed by atoms with Crippen molar-refractivity contribution in [1.29, 1.82) is 0 Å². The number of nitrogens with zero attached hydrogens (tertiary/aromatic N) is 1. The Morgan fingerprint density at radius 3 is 3.00 bits per heavy atom. The molecule has 106 valence electrons. The standard InChI is InChI=1S/C12H26N4OS/c1-3-18-11-7-4-6-10(11)15-12(16-13)14-8-5-9-17-2/h10-11H,3-9,13H2,1-2H3,(H2,14,15,16). The van der Waals surface area contributed by atoms with Gasteiger partial charge in [0.05, 0.1) is 0 Å². The highest BCUT2D eigenvalue weighted by Crippen LogP contribution is 2.29. The zero-order valence-electron chi connectivity index (χ0n) is 11.4. The predicted molar refractivity (Wildman–Crippen MR) is 78.8 cm³/mol. The van der Waals surface area contributed by atoms with Crippen LogP contribution in [0.15, 0.2) is 4.99 Å². The van der Waals surface area contributed by atoms with Crippen molar-refractivity contribution < 1.29 is 4.74 Å². The lowest BCUT2D eigenvalue weighted by Crippen LogP contribution is -2.48. The highest BCUT2D eigenvalue weighted by molar-refractivity contribution is 7.99. The van der Waals surface area contributed by atoms with Gasteiger partial charge in [0, 0.05) is 31.6 Å². The van der Waals surface area contributed by atoms with Gasteiger partial charge in [-0.2, -0.15) is 11.8 Å². The van der Waals surface area contributed by atoms with Gasteiger partial charge in [0.25, 0.3) is 0 Å². The second kappa shape index (κ2) is 9.47. The van der Waals surface area contributed by atoms with E-state index in [4.69, 9.17) is 10.6 Å². The molecule has 5 nitrogen and oxygen atoms in total. The Labute approximate surface area is 114 Å². The zero-order valence-corrected chi connectivity index (χ0v) is 12.3. The van der Waals surface area contributed by atoms with Gasteiger partial charge < -0.3 is 10.1 Å². The summed E-state index contributed by atoms with van der Waals surface area (Å²) in [5.41, 5.74) is 2.66. The third-order valence-electron chi connectivity index (χ3n) is 3.07. The molecule has 6 heteroatoms. The van der Waals surface area contributed by atoms with Crippen LogP contribution in [-0.4, -0.2) is 43.3 Å². The number of guanidine groups is 1. The van der Waals surface area contributed by atoms with E-state index in [1.807, 2.05) is 11.8 Å². The molecule has 1 rings (SSSR count). The monoisotopic (exact) mass is 274 g/mol. The van der Waals surface area contributed by atoms with E-state index in [1.165, 1.54) is 25.0 Å². The minimum Gasteiger partial charge on any atom is -0.385 e. The average Bonchev–Trinajstić information content (AvgIpc) is 2.81. The molecule has 2 unspecified atom stereocenters. The van der Waals surface area contributed by atoms with Crippen LogP contribution in [0.2, 0.25) is 0 Å². The van der Waals surface area contributed by atoms with Crippen molar-refractivity contribution in [3.8, 4) is 0 Å². The van der Waals surface area contributed by atoms with Crippen molar-refractivity contribution in [1.82, 2.24) is 10.7 Å². The van der Waals surface area contributed by atoms with E-state index in [2.05, 4.69) is 22.7 Å². The minimum atomic E-state index is 0.493. The van der Waals surface area contributed by atoms with E-state index in [1.54, 1.807) is 7.11 Å². The number of methoxy groups -OCH3 is 1. The molecule has 1 aliphatic rings. The van der Waals surface area contributed by atoms with Crippen molar-refractivity contribution in [3.63, 3.8) is 0 Å². The quantitative estimate of drug-likeness (QED) is 0.213. The molecule has 0 radical (unpaired) electrons. The summed E-state index contributed by atoms with van der Waals surface area (Å²) in [4.78, 5) is 4.42. The Hall–Kier alpha value is -0.460. The summed E-state index contributed by atoms with van der Waals surface area (Å²) in [6.07, 6.45) is 4.70. The van der Waals surface area contributed by atoms with Crippen LogP contribution in [0, 0.1) is 0 Å². The molecule has 0 aromatic heterocycles. The molecule has 0 aromatic carbocycles. The molecule has 0 amide bonds. The molecule has 0 heterocycles. The van der Waals surface area contributed by atoms with Gasteiger partial charge in [-0.05, 0) is 25.0 Å². The Bertz CT molecular complexity index is 250. The number of nitrogens with one attached hydrogen (secondary N) is 2. The first-order chi connectivity index (χ1) is 8.81. The number of nitrogens with two attached hydrogens (primary N) is 1. The smallest absolute Gasteiger partial charge is 0.205 e. The van der Waals surface area contributed by atoms with Crippen molar-refractivity contribution in [2.24, 2.45) is 10.8 Å². The number of hydrazine groups is 1. The van der Waals surface area contributed by atoms with E-state index in [0.717, 1.165) is 19.6 Å². The zero-order chi connectivity index (χ0) is 13.2. The topological polar surface area (TPSA) is 71.7 Å². The average molecular weight is 274 g/mol. The molecule has 0 bridgehead atoms. The molecule has 0 aliphatic heterocycles. The molecule has 1 fully saturated rings. The number of ether oxygens (including phenoxy) is 1. The van der Waals surface area contributed by atoms with E-state index < -0.39 is 0 Å². The Morgan fingerprint density at radius 1 is 1.50 bits per heavy atom. The van der Waals surface area contributed by atoms with E-state index in [-0.39, 0.29) is 0 Å². The van der Waals surface area contributed by atoms with Gasteiger partial charge in [0.1, 0.15) is 0 Å². The number of hydrogen-bond acceptors (Lipinski definition) is 4. The maximum absolute atomic E-state index is 5.50. The Kier molecular flexibility index (Phi) is 8.20. The lowest BCUT2D eigenvalue weighted by Gasteiger charge is -2.21. The summed E-state index contributed by atoms with van der Waals surface area (Å²) in [6, 6.07) is 0.493. The molecular formula is C12H26N4OS. The fourth-order valence-corrected chi connectivity index (χ4v) is 3.41. The number of rotatable bonds is 7. The van der Waals surface area contributed by atoms with Gasteiger partial charge in [-0.3, -0.25) is 10.4 Å². The second-order valence-electron chi connectivity index (χ2n) is 4.40. The van der Waals surface area contributed by atoms with E-state index >= 15 is 0 Å². The molecule has 1 saturated carbocycles. The van der Waals surface area contributed by atoms with Crippen LogP contribution < -0.4 is 16.6 Å². The van der Waals surface area contributed by atoms with Crippen LogP contribution in [0.3, 0.4) is 0 Å². The van der Waals surface area contributed by atoms with Crippen LogP contribution in [-0.2, 0) is 4.74 Å². The highest BCUT2D eigenvalue weighted by Gasteiger charge is 2.27. The van der Waals surface area contributed by atoms with Crippen molar-refractivity contribution in [3.05, 3.63) is 0 Å².